The molecular formula is C14H18ClN3OS. The molecular weight excluding hydrogens is 294 g/mol. The number of ether oxygens (including phenoxy) is 1. The van der Waals surface area contributed by atoms with Crippen LogP contribution in [0.4, 0.5) is 0 Å². The van der Waals surface area contributed by atoms with Crippen molar-refractivity contribution in [1.29, 1.82) is 0 Å². The molecule has 0 amide bonds. The summed E-state index contributed by atoms with van der Waals surface area (Å²) in [6.45, 7) is 6.81. The molecule has 6 heteroatoms. The molecule has 0 saturated carbocycles. The van der Waals surface area contributed by atoms with E-state index in [0.29, 0.717) is 6.04 Å². The van der Waals surface area contributed by atoms with Gasteiger partial charge in [-0.05, 0) is 37.3 Å². The lowest BCUT2D eigenvalue weighted by Crippen LogP contribution is -2.39. The number of fused-ring (bicyclic) bond motifs is 1. The Bertz CT molecular complexity index is 660. The number of aromatic amines is 1. The number of halogens is 1. The molecule has 1 aliphatic heterocycles. The molecule has 0 bridgehead atoms. The van der Waals surface area contributed by atoms with Crippen molar-refractivity contribution in [3.05, 3.63) is 28.0 Å². The van der Waals surface area contributed by atoms with Crippen molar-refractivity contribution in [1.82, 2.24) is 14.5 Å². The number of benzene rings is 1. The molecule has 1 aliphatic rings. The van der Waals surface area contributed by atoms with Crippen molar-refractivity contribution < 1.29 is 4.74 Å². The molecule has 4 nitrogen and oxygen atoms in total. The Morgan fingerprint density at radius 2 is 2.15 bits per heavy atom. The zero-order valence-corrected chi connectivity index (χ0v) is 13.0. The van der Waals surface area contributed by atoms with Crippen LogP contribution >= 0.6 is 23.8 Å². The third-order valence-corrected chi connectivity index (χ3v) is 4.28. The summed E-state index contributed by atoms with van der Waals surface area (Å²) in [5.74, 6) is 0. The van der Waals surface area contributed by atoms with Crippen LogP contribution in [0.25, 0.3) is 11.0 Å². The predicted molar refractivity (Wildman–Crippen MR) is 84.1 cm³/mol. The molecule has 0 aliphatic carbocycles. The van der Waals surface area contributed by atoms with Gasteiger partial charge in [0.25, 0.3) is 0 Å². The van der Waals surface area contributed by atoms with E-state index in [-0.39, 0.29) is 0 Å². The Balaban J connectivity index is 1.88. The summed E-state index contributed by atoms with van der Waals surface area (Å²) in [6.07, 6.45) is 0. The van der Waals surface area contributed by atoms with E-state index in [9.17, 15) is 0 Å². The number of hydrogen-bond donors (Lipinski definition) is 1. The van der Waals surface area contributed by atoms with E-state index >= 15 is 0 Å². The van der Waals surface area contributed by atoms with Gasteiger partial charge in [-0.25, -0.2) is 0 Å². The van der Waals surface area contributed by atoms with Crippen LogP contribution in [0.1, 0.15) is 13.0 Å². The van der Waals surface area contributed by atoms with Crippen LogP contribution in [-0.2, 0) is 4.74 Å². The maximum Gasteiger partial charge on any atom is 0.178 e. The average molecular weight is 312 g/mol. The third kappa shape index (κ3) is 2.76. The van der Waals surface area contributed by atoms with Gasteiger partial charge in [-0.15, -0.1) is 0 Å². The minimum absolute atomic E-state index is 0.315. The zero-order chi connectivity index (χ0) is 14.1. The highest BCUT2D eigenvalue weighted by Gasteiger charge is 2.17. The first-order chi connectivity index (χ1) is 9.65. The number of hydrogen-bond acceptors (Lipinski definition) is 3. The van der Waals surface area contributed by atoms with Crippen molar-refractivity contribution in [2.45, 2.75) is 13.0 Å². The standard InChI is InChI=1S/C14H18ClN3OS/c1-10(9-17-4-6-19-7-5-17)18-13-3-2-11(15)8-12(13)16-14(18)20/h2-3,8,10H,4-7,9H2,1H3,(H,16,20). The number of nitrogens with one attached hydrogen (secondary N) is 1. The van der Waals surface area contributed by atoms with Gasteiger partial charge in [0.2, 0.25) is 0 Å². The largest absolute Gasteiger partial charge is 0.379 e. The molecule has 1 unspecified atom stereocenters. The Morgan fingerprint density at radius 3 is 2.90 bits per heavy atom. The van der Waals surface area contributed by atoms with Gasteiger partial charge in [0.15, 0.2) is 4.77 Å². The number of rotatable bonds is 3. The lowest BCUT2D eigenvalue weighted by atomic mass is 10.2. The van der Waals surface area contributed by atoms with Crippen LogP contribution in [0, 0.1) is 4.77 Å². The summed E-state index contributed by atoms with van der Waals surface area (Å²) < 4.78 is 8.32. The van der Waals surface area contributed by atoms with Crippen molar-refractivity contribution in [3.8, 4) is 0 Å². The smallest absolute Gasteiger partial charge is 0.178 e. The minimum Gasteiger partial charge on any atom is -0.379 e. The van der Waals surface area contributed by atoms with Gasteiger partial charge in [-0.2, -0.15) is 0 Å². The fourth-order valence-corrected chi connectivity index (χ4v) is 3.34. The monoisotopic (exact) mass is 311 g/mol. The summed E-state index contributed by atoms with van der Waals surface area (Å²) >= 11 is 11.5. The van der Waals surface area contributed by atoms with Gasteiger partial charge >= 0.3 is 0 Å². The number of morpholine rings is 1. The summed E-state index contributed by atoms with van der Waals surface area (Å²) in [5.41, 5.74) is 2.11. The maximum absolute atomic E-state index is 6.03. The normalized spacial score (nSPS) is 18.5. The highest BCUT2D eigenvalue weighted by atomic mass is 35.5. The first-order valence-electron chi connectivity index (χ1n) is 6.85. The van der Waals surface area contributed by atoms with E-state index in [1.807, 2.05) is 18.2 Å². The average Bonchev–Trinajstić information content (AvgIpc) is 2.74. The maximum atomic E-state index is 6.03. The van der Waals surface area contributed by atoms with E-state index in [0.717, 1.165) is 53.7 Å². The zero-order valence-electron chi connectivity index (χ0n) is 11.4. The number of nitrogens with zero attached hydrogens (tertiary/aromatic N) is 2. The molecule has 2 aromatic rings. The van der Waals surface area contributed by atoms with Crippen LogP contribution in [0.15, 0.2) is 18.2 Å². The molecule has 1 saturated heterocycles. The van der Waals surface area contributed by atoms with Crippen LogP contribution in [0.2, 0.25) is 5.02 Å². The fraction of sp³-hybridized carbons (Fsp3) is 0.500. The van der Waals surface area contributed by atoms with Gasteiger partial charge in [-0.1, -0.05) is 11.6 Å². The summed E-state index contributed by atoms with van der Waals surface area (Å²) in [7, 11) is 0. The first kappa shape index (κ1) is 14.1. The highest BCUT2D eigenvalue weighted by Crippen LogP contribution is 2.23. The van der Waals surface area contributed by atoms with Crippen molar-refractivity contribution >= 4 is 34.9 Å². The van der Waals surface area contributed by atoms with Gasteiger partial charge < -0.3 is 14.3 Å². The van der Waals surface area contributed by atoms with Crippen LogP contribution in [0.3, 0.4) is 0 Å². The molecule has 1 atom stereocenters. The molecule has 0 spiro atoms. The number of H-pyrrole nitrogens is 1. The molecule has 2 heterocycles. The SMILES string of the molecule is CC(CN1CCOCC1)n1c(=S)[nH]c2cc(Cl)ccc21. The van der Waals surface area contributed by atoms with E-state index < -0.39 is 0 Å². The summed E-state index contributed by atoms with van der Waals surface area (Å²) in [4.78, 5) is 5.66. The topological polar surface area (TPSA) is 33.2 Å². The van der Waals surface area contributed by atoms with Gasteiger partial charge in [0, 0.05) is 30.7 Å². The second-order valence-corrected chi connectivity index (χ2v) is 6.05. The predicted octanol–water partition coefficient (Wildman–Crippen LogP) is 3.25. The highest BCUT2D eigenvalue weighted by molar-refractivity contribution is 7.71. The molecule has 108 valence electrons. The van der Waals surface area contributed by atoms with Crippen LogP contribution in [-0.4, -0.2) is 47.3 Å². The van der Waals surface area contributed by atoms with E-state index in [2.05, 4.69) is 21.4 Å². The molecule has 1 aromatic carbocycles. The van der Waals surface area contributed by atoms with Crippen LogP contribution < -0.4 is 0 Å². The molecule has 1 N–H and O–H groups in total. The number of aromatic nitrogens is 2. The molecule has 3 rings (SSSR count). The Morgan fingerprint density at radius 1 is 1.40 bits per heavy atom. The lowest BCUT2D eigenvalue weighted by Gasteiger charge is -2.29. The van der Waals surface area contributed by atoms with Crippen molar-refractivity contribution in [2.75, 3.05) is 32.8 Å². The quantitative estimate of drug-likeness (QED) is 0.883. The fourth-order valence-electron chi connectivity index (χ4n) is 2.78. The lowest BCUT2D eigenvalue weighted by molar-refractivity contribution is 0.0327. The van der Waals surface area contributed by atoms with E-state index in [1.54, 1.807) is 0 Å². The van der Waals surface area contributed by atoms with Gasteiger partial charge in [0.1, 0.15) is 0 Å². The minimum atomic E-state index is 0.315. The molecule has 1 fully saturated rings. The number of imidazole rings is 1. The van der Waals surface area contributed by atoms with E-state index in [1.165, 1.54) is 0 Å². The Hall–Kier alpha value is -0.880. The van der Waals surface area contributed by atoms with Gasteiger partial charge in [0.05, 0.1) is 24.2 Å². The van der Waals surface area contributed by atoms with Crippen LogP contribution in [0.5, 0.6) is 0 Å². The van der Waals surface area contributed by atoms with Crippen molar-refractivity contribution in [2.24, 2.45) is 0 Å². The van der Waals surface area contributed by atoms with Gasteiger partial charge in [-0.3, -0.25) is 4.90 Å². The second-order valence-electron chi connectivity index (χ2n) is 5.22. The first-order valence-corrected chi connectivity index (χ1v) is 7.63. The summed E-state index contributed by atoms with van der Waals surface area (Å²) in [5, 5.41) is 0.724. The molecule has 20 heavy (non-hydrogen) atoms. The van der Waals surface area contributed by atoms with E-state index in [4.69, 9.17) is 28.6 Å². The Labute approximate surface area is 128 Å². The summed E-state index contributed by atoms with van der Waals surface area (Å²) in [6, 6.07) is 6.17. The molecule has 1 aromatic heterocycles. The second kappa shape index (κ2) is 5.85. The Kier molecular flexibility index (Phi) is 4.12. The van der Waals surface area contributed by atoms with Crippen molar-refractivity contribution in [3.63, 3.8) is 0 Å². The molecule has 0 radical (unpaired) electrons. The third-order valence-electron chi connectivity index (χ3n) is 3.75.